The number of benzene rings is 1. The van der Waals surface area contributed by atoms with Crippen LogP contribution in [0.4, 0.5) is 0 Å². The number of nitrogens with one attached hydrogen (secondary N) is 1. The maximum Gasteiger partial charge on any atom is 0.271 e. The summed E-state index contributed by atoms with van der Waals surface area (Å²) in [5.74, 6) is 0.514. The molecule has 1 aromatic carbocycles. The lowest BCUT2D eigenvalue weighted by atomic mass is 10.1. The lowest BCUT2D eigenvalue weighted by Crippen LogP contribution is -2.30. The van der Waals surface area contributed by atoms with Crippen LogP contribution in [-0.4, -0.2) is 29.3 Å². The van der Waals surface area contributed by atoms with Crippen molar-refractivity contribution in [3.05, 3.63) is 58.0 Å². The maximum atomic E-state index is 12.1. The number of nitrogens with zero attached hydrogens (tertiary/aromatic N) is 2. The summed E-state index contributed by atoms with van der Waals surface area (Å²) in [4.78, 5) is 23.7. The fourth-order valence-corrected chi connectivity index (χ4v) is 2.18. The molecule has 1 N–H and O–H groups in total. The lowest BCUT2D eigenvalue weighted by Gasteiger charge is -2.08. The summed E-state index contributed by atoms with van der Waals surface area (Å²) in [6, 6.07) is 10.5. The average molecular weight is 315 g/mol. The van der Waals surface area contributed by atoms with Gasteiger partial charge in [-0.25, -0.2) is 4.68 Å². The Labute approximate surface area is 135 Å². The minimum absolute atomic E-state index is 0.195. The van der Waals surface area contributed by atoms with E-state index in [-0.39, 0.29) is 17.2 Å². The highest BCUT2D eigenvalue weighted by Gasteiger charge is 2.09. The molecule has 0 unspecified atom stereocenters. The Hall–Kier alpha value is -2.63. The summed E-state index contributed by atoms with van der Waals surface area (Å²) in [5.41, 5.74) is 1.14. The second-order valence-corrected chi connectivity index (χ2v) is 5.14. The van der Waals surface area contributed by atoms with E-state index in [0.29, 0.717) is 19.5 Å². The first-order valence-corrected chi connectivity index (χ1v) is 7.63. The predicted molar refractivity (Wildman–Crippen MR) is 87.8 cm³/mol. The van der Waals surface area contributed by atoms with Crippen LogP contribution in [0, 0.1) is 0 Å². The van der Waals surface area contributed by atoms with Gasteiger partial charge in [-0.1, -0.05) is 19.1 Å². The molecule has 1 amide bonds. The Morgan fingerprint density at radius 1 is 1.30 bits per heavy atom. The number of aryl methyl sites for hydroxylation is 1. The van der Waals surface area contributed by atoms with Crippen molar-refractivity contribution in [2.45, 2.75) is 26.3 Å². The van der Waals surface area contributed by atoms with Gasteiger partial charge in [0.15, 0.2) is 0 Å². The first-order chi connectivity index (χ1) is 11.1. The third kappa shape index (κ3) is 4.67. The van der Waals surface area contributed by atoms with E-state index in [1.165, 1.54) is 16.8 Å². The molecule has 6 heteroatoms. The highest BCUT2D eigenvalue weighted by atomic mass is 16.5. The monoisotopic (exact) mass is 315 g/mol. The fraction of sp³-hybridized carbons (Fsp3) is 0.353. The number of methoxy groups -OCH3 is 1. The predicted octanol–water partition coefficient (Wildman–Crippen LogP) is 1.63. The molecular formula is C17H21N3O3. The summed E-state index contributed by atoms with van der Waals surface area (Å²) >= 11 is 0. The number of amides is 1. The maximum absolute atomic E-state index is 12.1. The van der Waals surface area contributed by atoms with Crippen LogP contribution in [0.5, 0.6) is 5.75 Å². The second-order valence-electron chi connectivity index (χ2n) is 5.14. The Kier molecular flexibility index (Phi) is 5.91. The summed E-state index contributed by atoms with van der Waals surface area (Å²) in [6.07, 6.45) is 1.48. The lowest BCUT2D eigenvalue weighted by molar-refractivity contribution is 0.0946. The fourth-order valence-electron chi connectivity index (χ4n) is 2.18. The zero-order chi connectivity index (χ0) is 16.7. The number of carbonyl (C=O) groups excluding carboxylic acids is 1. The van der Waals surface area contributed by atoms with Gasteiger partial charge in [0.25, 0.3) is 11.5 Å². The first-order valence-electron chi connectivity index (χ1n) is 7.63. The van der Waals surface area contributed by atoms with Gasteiger partial charge < -0.3 is 10.1 Å². The van der Waals surface area contributed by atoms with Gasteiger partial charge in [-0.3, -0.25) is 9.59 Å². The van der Waals surface area contributed by atoms with Crippen molar-refractivity contribution in [2.24, 2.45) is 0 Å². The summed E-state index contributed by atoms with van der Waals surface area (Å²) < 4.78 is 6.49. The van der Waals surface area contributed by atoms with E-state index in [4.69, 9.17) is 4.74 Å². The van der Waals surface area contributed by atoms with Crippen LogP contribution in [-0.2, 0) is 13.0 Å². The Morgan fingerprint density at radius 2 is 2.13 bits per heavy atom. The molecular weight excluding hydrogens is 294 g/mol. The number of hydrogen-bond acceptors (Lipinski definition) is 4. The van der Waals surface area contributed by atoms with E-state index in [2.05, 4.69) is 10.4 Å². The van der Waals surface area contributed by atoms with Gasteiger partial charge in [-0.05, 0) is 36.6 Å². The van der Waals surface area contributed by atoms with Gasteiger partial charge in [0.2, 0.25) is 0 Å². The van der Waals surface area contributed by atoms with E-state index in [0.717, 1.165) is 17.7 Å². The molecule has 122 valence electrons. The third-order valence-electron chi connectivity index (χ3n) is 3.37. The molecule has 0 aliphatic rings. The number of hydrogen-bond donors (Lipinski definition) is 1. The number of carbonyl (C=O) groups is 1. The first kappa shape index (κ1) is 16.7. The van der Waals surface area contributed by atoms with Crippen LogP contribution < -0.4 is 15.6 Å². The molecule has 1 heterocycles. The molecule has 0 aliphatic carbocycles. The van der Waals surface area contributed by atoms with E-state index in [1.807, 2.05) is 31.2 Å². The molecule has 0 spiro atoms. The minimum Gasteiger partial charge on any atom is -0.497 e. The normalized spacial score (nSPS) is 10.3. The van der Waals surface area contributed by atoms with E-state index in [1.54, 1.807) is 7.11 Å². The van der Waals surface area contributed by atoms with Crippen LogP contribution in [0.1, 0.15) is 29.4 Å². The Morgan fingerprint density at radius 3 is 2.87 bits per heavy atom. The van der Waals surface area contributed by atoms with Crippen molar-refractivity contribution < 1.29 is 9.53 Å². The van der Waals surface area contributed by atoms with E-state index < -0.39 is 0 Å². The molecule has 0 saturated carbocycles. The average Bonchev–Trinajstić information content (AvgIpc) is 2.57. The van der Waals surface area contributed by atoms with Crippen LogP contribution >= 0.6 is 0 Å². The van der Waals surface area contributed by atoms with Gasteiger partial charge in [-0.15, -0.1) is 0 Å². The van der Waals surface area contributed by atoms with E-state index in [9.17, 15) is 9.59 Å². The number of rotatable bonds is 7. The van der Waals surface area contributed by atoms with Crippen LogP contribution in [0.25, 0.3) is 0 Å². The molecule has 6 nitrogen and oxygen atoms in total. The standard InChI is InChI=1S/C17H21N3O3/c1-3-11-20-16(21)8-7-15(19-20)17(22)18-10-9-13-5-4-6-14(12-13)23-2/h4-8,12H,3,9-11H2,1-2H3,(H,18,22). The summed E-state index contributed by atoms with van der Waals surface area (Å²) in [6.45, 7) is 2.94. The Bertz CT molecular complexity index is 725. The molecule has 1 aromatic heterocycles. The van der Waals surface area contributed by atoms with Crippen LogP contribution in [0.3, 0.4) is 0 Å². The zero-order valence-corrected chi connectivity index (χ0v) is 13.4. The van der Waals surface area contributed by atoms with Crippen LogP contribution in [0.15, 0.2) is 41.2 Å². The van der Waals surface area contributed by atoms with Gasteiger partial charge in [0.1, 0.15) is 11.4 Å². The Balaban J connectivity index is 1.94. The van der Waals surface area contributed by atoms with Crippen molar-refractivity contribution in [3.8, 4) is 5.75 Å². The molecule has 23 heavy (non-hydrogen) atoms. The van der Waals surface area contributed by atoms with Gasteiger partial charge in [0, 0.05) is 19.2 Å². The van der Waals surface area contributed by atoms with Crippen molar-refractivity contribution in [1.82, 2.24) is 15.1 Å². The largest absolute Gasteiger partial charge is 0.497 e. The zero-order valence-electron chi connectivity index (χ0n) is 13.4. The topological polar surface area (TPSA) is 73.2 Å². The number of ether oxygens (including phenoxy) is 1. The molecule has 0 aliphatic heterocycles. The van der Waals surface area contributed by atoms with Crippen molar-refractivity contribution in [2.75, 3.05) is 13.7 Å². The van der Waals surface area contributed by atoms with Crippen molar-refractivity contribution in [1.29, 1.82) is 0 Å². The molecule has 0 bridgehead atoms. The SMILES string of the molecule is CCCn1nc(C(=O)NCCc2cccc(OC)c2)ccc1=O. The summed E-state index contributed by atoms with van der Waals surface area (Å²) in [5, 5.41) is 6.90. The van der Waals surface area contributed by atoms with Crippen LogP contribution in [0.2, 0.25) is 0 Å². The molecule has 2 aromatic rings. The van der Waals surface area contributed by atoms with E-state index >= 15 is 0 Å². The molecule has 2 rings (SSSR count). The van der Waals surface area contributed by atoms with Gasteiger partial charge >= 0.3 is 0 Å². The highest BCUT2D eigenvalue weighted by molar-refractivity contribution is 5.91. The van der Waals surface area contributed by atoms with Gasteiger partial charge in [0.05, 0.1) is 7.11 Å². The third-order valence-corrected chi connectivity index (χ3v) is 3.37. The molecule has 0 saturated heterocycles. The summed E-state index contributed by atoms with van der Waals surface area (Å²) in [7, 11) is 1.62. The smallest absolute Gasteiger partial charge is 0.271 e. The quantitative estimate of drug-likeness (QED) is 0.843. The van der Waals surface area contributed by atoms with Crippen molar-refractivity contribution >= 4 is 5.91 Å². The molecule has 0 fully saturated rings. The van der Waals surface area contributed by atoms with Gasteiger partial charge in [-0.2, -0.15) is 5.10 Å². The molecule has 0 atom stereocenters. The molecule has 0 radical (unpaired) electrons. The highest BCUT2D eigenvalue weighted by Crippen LogP contribution is 2.12. The van der Waals surface area contributed by atoms with Crippen molar-refractivity contribution in [3.63, 3.8) is 0 Å². The minimum atomic E-state index is -0.280. The second kappa shape index (κ2) is 8.12. The number of aromatic nitrogens is 2.